The molecule has 0 spiro atoms. The molecule has 0 amide bonds. The fraction of sp³-hybridized carbons (Fsp3) is 0.625. The van der Waals surface area contributed by atoms with Gasteiger partial charge in [-0.15, -0.1) is 0 Å². The maximum Gasteiger partial charge on any atom is 0.232 e. The van der Waals surface area contributed by atoms with E-state index in [1.807, 2.05) is 6.07 Å². The van der Waals surface area contributed by atoms with Crippen LogP contribution in [0.5, 0.6) is 5.88 Å². The summed E-state index contributed by atoms with van der Waals surface area (Å²) in [5, 5.41) is 18.4. The Morgan fingerprint density at radius 3 is 2.80 bits per heavy atom. The van der Waals surface area contributed by atoms with Crippen molar-refractivity contribution in [3.8, 4) is 11.9 Å². The largest absolute Gasteiger partial charge is 0.473 e. The molecule has 4 nitrogen and oxygen atoms in total. The molecule has 0 saturated heterocycles. The third-order valence-corrected chi connectivity index (χ3v) is 4.47. The summed E-state index contributed by atoms with van der Waals surface area (Å²) >= 11 is 0. The standard InChI is InChI=1S/C16H20N2O2/c17-9-13-8-12-2-1-3-15(12)18-16(13)20-14-6-4-11(10-19)5-7-14/h8,11,14,19H,1-7,10H2. The highest BCUT2D eigenvalue weighted by atomic mass is 16.5. The lowest BCUT2D eigenvalue weighted by molar-refractivity contribution is 0.100. The van der Waals surface area contributed by atoms with Crippen LogP contribution in [0.2, 0.25) is 0 Å². The van der Waals surface area contributed by atoms with Crippen molar-refractivity contribution in [2.24, 2.45) is 5.92 Å². The zero-order chi connectivity index (χ0) is 13.9. The summed E-state index contributed by atoms with van der Waals surface area (Å²) in [5.74, 6) is 0.930. The minimum Gasteiger partial charge on any atom is -0.473 e. The third-order valence-electron chi connectivity index (χ3n) is 4.47. The number of aliphatic hydroxyl groups excluding tert-OH is 1. The minimum atomic E-state index is 0.136. The van der Waals surface area contributed by atoms with E-state index in [0.29, 0.717) is 17.4 Å². The highest BCUT2D eigenvalue weighted by molar-refractivity contribution is 5.44. The first-order valence-electron chi connectivity index (χ1n) is 7.50. The molecule has 1 saturated carbocycles. The van der Waals surface area contributed by atoms with Crippen LogP contribution < -0.4 is 4.74 Å². The molecule has 2 aliphatic rings. The molecule has 4 heteroatoms. The van der Waals surface area contributed by atoms with Gasteiger partial charge in [0.2, 0.25) is 5.88 Å². The molecule has 2 aliphatic carbocycles. The van der Waals surface area contributed by atoms with E-state index in [9.17, 15) is 5.26 Å². The van der Waals surface area contributed by atoms with Crippen LogP contribution in [0.4, 0.5) is 0 Å². The van der Waals surface area contributed by atoms with Crippen molar-refractivity contribution in [3.63, 3.8) is 0 Å². The normalized spacial score (nSPS) is 25.0. The van der Waals surface area contributed by atoms with Crippen molar-refractivity contribution in [1.82, 2.24) is 4.98 Å². The molecular weight excluding hydrogens is 252 g/mol. The number of hydrogen-bond acceptors (Lipinski definition) is 4. The summed E-state index contributed by atoms with van der Waals surface area (Å²) in [7, 11) is 0. The highest BCUT2D eigenvalue weighted by Crippen LogP contribution is 2.30. The number of aliphatic hydroxyl groups is 1. The maximum absolute atomic E-state index is 9.26. The molecule has 1 aromatic rings. The van der Waals surface area contributed by atoms with E-state index in [1.165, 1.54) is 5.56 Å². The second kappa shape index (κ2) is 5.80. The number of pyridine rings is 1. The van der Waals surface area contributed by atoms with Crippen LogP contribution in [0, 0.1) is 17.2 Å². The van der Waals surface area contributed by atoms with Crippen LogP contribution in [-0.2, 0) is 12.8 Å². The van der Waals surface area contributed by atoms with Crippen LogP contribution in [-0.4, -0.2) is 22.8 Å². The molecule has 0 aliphatic heterocycles. The van der Waals surface area contributed by atoms with Gasteiger partial charge in [0.05, 0.1) is 0 Å². The Kier molecular flexibility index (Phi) is 3.88. The molecule has 1 aromatic heterocycles. The van der Waals surface area contributed by atoms with Gasteiger partial charge in [-0.05, 0) is 62.5 Å². The first-order chi connectivity index (χ1) is 9.80. The Bertz CT molecular complexity index is 528. The zero-order valence-electron chi connectivity index (χ0n) is 11.6. The summed E-state index contributed by atoms with van der Waals surface area (Å²) in [5.41, 5.74) is 2.87. The lowest BCUT2D eigenvalue weighted by Gasteiger charge is -2.27. The lowest BCUT2D eigenvalue weighted by atomic mass is 9.88. The molecule has 106 valence electrons. The number of hydrogen-bond donors (Lipinski definition) is 1. The van der Waals surface area contributed by atoms with Gasteiger partial charge < -0.3 is 9.84 Å². The number of rotatable bonds is 3. The van der Waals surface area contributed by atoms with Crippen molar-refractivity contribution >= 4 is 0 Å². The Morgan fingerprint density at radius 2 is 2.10 bits per heavy atom. The monoisotopic (exact) mass is 272 g/mol. The molecule has 3 rings (SSSR count). The van der Waals surface area contributed by atoms with E-state index in [0.717, 1.165) is 50.6 Å². The van der Waals surface area contributed by atoms with E-state index < -0.39 is 0 Å². The quantitative estimate of drug-likeness (QED) is 0.917. The molecule has 20 heavy (non-hydrogen) atoms. The number of nitrogens with zero attached hydrogens (tertiary/aromatic N) is 2. The van der Waals surface area contributed by atoms with E-state index in [4.69, 9.17) is 9.84 Å². The zero-order valence-corrected chi connectivity index (χ0v) is 11.6. The number of fused-ring (bicyclic) bond motifs is 1. The summed E-state index contributed by atoms with van der Waals surface area (Å²) in [6.45, 7) is 0.271. The van der Waals surface area contributed by atoms with E-state index in [-0.39, 0.29) is 12.7 Å². The predicted molar refractivity (Wildman–Crippen MR) is 74.4 cm³/mol. The van der Waals surface area contributed by atoms with Gasteiger partial charge >= 0.3 is 0 Å². The van der Waals surface area contributed by atoms with Gasteiger partial charge in [0.25, 0.3) is 0 Å². The molecular formula is C16H20N2O2. The van der Waals surface area contributed by atoms with Crippen molar-refractivity contribution in [3.05, 3.63) is 22.9 Å². The number of nitriles is 1. The summed E-state index contributed by atoms with van der Waals surface area (Å²) in [4.78, 5) is 4.56. The minimum absolute atomic E-state index is 0.136. The summed E-state index contributed by atoms with van der Waals surface area (Å²) in [6, 6.07) is 4.16. The molecule has 1 N–H and O–H groups in total. The van der Waals surface area contributed by atoms with E-state index in [1.54, 1.807) is 0 Å². The van der Waals surface area contributed by atoms with Crippen LogP contribution >= 0.6 is 0 Å². The van der Waals surface area contributed by atoms with Gasteiger partial charge in [-0.1, -0.05) is 0 Å². The van der Waals surface area contributed by atoms with Gasteiger partial charge in [0.15, 0.2) is 0 Å². The summed E-state index contributed by atoms with van der Waals surface area (Å²) in [6.07, 6.45) is 7.15. The smallest absolute Gasteiger partial charge is 0.232 e. The predicted octanol–water partition coefficient (Wildman–Crippen LogP) is 2.37. The van der Waals surface area contributed by atoms with Gasteiger partial charge in [-0.25, -0.2) is 4.98 Å². The van der Waals surface area contributed by atoms with Crippen LogP contribution in [0.15, 0.2) is 6.07 Å². The van der Waals surface area contributed by atoms with E-state index in [2.05, 4.69) is 11.1 Å². The fourth-order valence-electron chi connectivity index (χ4n) is 3.21. The fourth-order valence-corrected chi connectivity index (χ4v) is 3.21. The molecule has 0 radical (unpaired) electrons. The average Bonchev–Trinajstić information content (AvgIpc) is 2.94. The Balaban J connectivity index is 1.73. The van der Waals surface area contributed by atoms with Gasteiger partial charge in [0, 0.05) is 12.3 Å². The molecule has 1 heterocycles. The van der Waals surface area contributed by atoms with Crippen LogP contribution in [0.3, 0.4) is 0 Å². The Morgan fingerprint density at radius 1 is 1.30 bits per heavy atom. The van der Waals surface area contributed by atoms with Gasteiger partial charge in [-0.2, -0.15) is 5.26 Å². The van der Waals surface area contributed by atoms with E-state index >= 15 is 0 Å². The molecule has 0 aromatic carbocycles. The Hall–Kier alpha value is -1.60. The van der Waals surface area contributed by atoms with Crippen LogP contribution in [0.25, 0.3) is 0 Å². The molecule has 1 fully saturated rings. The second-order valence-corrected chi connectivity index (χ2v) is 5.86. The number of aryl methyl sites for hydroxylation is 2. The van der Waals surface area contributed by atoms with Gasteiger partial charge in [-0.3, -0.25) is 0 Å². The van der Waals surface area contributed by atoms with Crippen molar-refractivity contribution < 1.29 is 9.84 Å². The lowest BCUT2D eigenvalue weighted by Crippen LogP contribution is -2.26. The van der Waals surface area contributed by atoms with Crippen molar-refractivity contribution in [2.45, 2.75) is 51.0 Å². The highest BCUT2D eigenvalue weighted by Gasteiger charge is 2.24. The summed E-state index contributed by atoms with van der Waals surface area (Å²) < 4.78 is 5.98. The topological polar surface area (TPSA) is 66.1 Å². The number of aromatic nitrogens is 1. The molecule has 0 atom stereocenters. The molecule has 0 bridgehead atoms. The van der Waals surface area contributed by atoms with Gasteiger partial charge in [0.1, 0.15) is 17.7 Å². The first-order valence-corrected chi connectivity index (χ1v) is 7.50. The SMILES string of the molecule is N#Cc1cc2c(nc1OC1CCC(CO)CC1)CCC2. The molecule has 0 unspecified atom stereocenters. The second-order valence-electron chi connectivity index (χ2n) is 5.86. The van der Waals surface area contributed by atoms with Crippen LogP contribution in [0.1, 0.15) is 48.9 Å². The number of ether oxygens (including phenoxy) is 1. The Labute approximate surface area is 119 Å². The van der Waals surface area contributed by atoms with Crippen molar-refractivity contribution in [1.29, 1.82) is 5.26 Å². The maximum atomic E-state index is 9.26. The average molecular weight is 272 g/mol. The third kappa shape index (κ3) is 2.64. The first kappa shape index (κ1) is 13.4. The van der Waals surface area contributed by atoms with Crippen molar-refractivity contribution in [2.75, 3.05) is 6.61 Å².